The van der Waals surface area contributed by atoms with Gasteiger partial charge in [-0.25, -0.2) is 0 Å². The number of fused-ring (bicyclic) bond motifs is 4. The molecule has 0 heterocycles. The molecule has 0 radical (unpaired) electrons. The van der Waals surface area contributed by atoms with E-state index < -0.39 is 0 Å². The van der Waals surface area contributed by atoms with Gasteiger partial charge in [0.15, 0.2) is 0 Å². The van der Waals surface area contributed by atoms with Gasteiger partial charge in [-0.1, -0.05) is 169 Å². The van der Waals surface area contributed by atoms with E-state index in [-0.39, 0.29) is 125 Å². The molecule has 8 saturated carbocycles. The predicted octanol–water partition coefficient (Wildman–Crippen LogP) is 25.1. The minimum absolute atomic E-state index is 0.00579. The molecule has 8 aliphatic rings. The van der Waals surface area contributed by atoms with Crippen molar-refractivity contribution in [3.05, 3.63) is 0 Å². The van der Waals surface area contributed by atoms with Gasteiger partial charge >= 0.3 is 35.8 Å². The van der Waals surface area contributed by atoms with Crippen molar-refractivity contribution in [1.82, 2.24) is 0 Å². The molecule has 8 fully saturated rings. The fourth-order valence-corrected chi connectivity index (χ4v) is 17.4. The average molecular weight is 1420 g/mol. The Morgan fingerprint density at radius 1 is 0.327 bits per heavy atom. The highest BCUT2D eigenvalue weighted by molar-refractivity contribution is 5.77. The number of rotatable bonds is 20. The van der Waals surface area contributed by atoms with Gasteiger partial charge in [0.1, 0.15) is 33.6 Å². The third kappa shape index (κ3) is 23.7. The molecule has 0 aromatic rings. The summed E-state index contributed by atoms with van der Waals surface area (Å²) in [7, 11) is 0. The molecule has 590 valence electrons. The molecule has 12 nitrogen and oxygen atoms in total. The van der Waals surface area contributed by atoms with Crippen molar-refractivity contribution in [3.63, 3.8) is 0 Å². The molecule has 101 heavy (non-hydrogen) atoms. The van der Waals surface area contributed by atoms with Crippen LogP contribution in [0.4, 0.5) is 0 Å². The SMILES string of the molecule is CCC(C)(C)C(=O)OC1(C)CC2CCC1(C)C2(C)C.CCC(C)(C)C(=O)OC1(C)CCCCCC1.CCC(C)C(=O)OC1(C)CC2CCC1(C)C2(C)C.CCC(C)C(=O)OC1(C)CCCCCC1.CCC(C)C(=O)OC1(CC)CCCCCC1.CCC1(OC(=O)C(C)(C)CC)CCCCCC1. The maximum absolute atomic E-state index is 12.5. The van der Waals surface area contributed by atoms with E-state index in [1.54, 1.807) is 0 Å². The average Bonchev–Trinajstić information content (AvgIpc) is 1.54. The van der Waals surface area contributed by atoms with Crippen LogP contribution >= 0.6 is 0 Å². The summed E-state index contributed by atoms with van der Waals surface area (Å²) in [5, 5.41) is 0. The summed E-state index contributed by atoms with van der Waals surface area (Å²) in [6.45, 7) is 56.9. The second-order valence-corrected chi connectivity index (χ2v) is 38.2. The monoisotopic (exact) mass is 1420 g/mol. The molecule has 9 unspecified atom stereocenters. The third-order valence-corrected chi connectivity index (χ3v) is 29.4. The maximum Gasteiger partial charge on any atom is 0.312 e. The molecular formula is C89H162O12. The van der Waals surface area contributed by atoms with Gasteiger partial charge in [0.25, 0.3) is 0 Å². The van der Waals surface area contributed by atoms with Crippen LogP contribution in [0.15, 0.2) is 0 Å². The highest BCUT2D eigenvalue weighted by atomic mass is 16.6. The number of hydrogen-bond acceptors (Lipinski definition) is 12. The van der Waals surface area contributed by atoms with Gasteiger partial charge in [0.2, 0.25) is 0 Å². The van der Waals surface area contributed by atoms with Crippen molar-refractivity contribution in [2.45, 2.75) is 465 Å². The van der Waals surface area contributed by atoms with E-state index in [1.165, 1.54) is 128 Å². The van der Waals surface area contributed by atoms with Gasteiger partial charge in [-0.3, -0.25) is 28.8 Å². The standard InChI is InChI=1S/C17H30O2.C16H28O2.C15H28O2.2C14H26O2.C13H24O2/c1-8-14(2,3)13(18)19-17(7)11-12-9-10-16(17,6)15(12,4)5;1-7-11(2)13(17)18-16(6)10-12-8-9-15(16,5)14(12,3)4;1-5-14(3,4)13(16)17-15(6-2)11-9-7-8-10-12-15;1-5-13(2,3)12(15)16-14(4)10-8-6-7-9-11-14;1-4-12(3)13(15)16-14(5-2)10-8-6-7-9-11-14;1-4-11(2)12(14)15-13(3)9-7-5-6-8-10-13/h12H,8-11H2,1-7H3;11-12H,7-10H2,1-6H3;5-12H2,1-4H3;5-11H2,1-4H3;12H,4-11H2,1-3H3;11H,4-10H2,1-3H3. The Morgan fingerprint density at radius 2 is 0.584 bits per heavy atom. The highest BCUT2D eigenvalue weighted by Crippen LogP contribution is 2.72. The lowest BCUT2D eigenvalue weighted by Crippen LogP contribution is -2.49. The minimum Gasteiger partial charge on any atom is -0.459 e. The molecule has 8 rings (SSSR count). The fraction of sp³-hybridized carbons (Fsp3) is 0.933. The van der Waals surface area contributed by atoms with E-state index >= 15 is 0 Å². The van der Waals surface area contributed by atoms with E-state index in [0.29, 0.717) is 11.8 Å². The highest BCUT2D eigenvalue weighted by Gasteiger charge is 2.70. The summed E-state index contributed by atoms with van der Waals surface area (Å²) in [4.78, 5) is 72.5. The number of hydrogen-bond donors (Lipinski definition) is 0. The van der Waals surface area contributed by atoms with Crippen molar-refractivity contribution < 1.29 is 57.2 Å². The molecule has 0 spiro atoms. The molecule has 8 aliphatic carbocycles. The lowest BCUT2D eigenvalue weighted by Gasteiger charge is -2.46. The fourth-order valence-electron chi connectivity index (χ4n) is 17.4. The second kappa shape index (κ2) is 38.6. The Kier molecular flexibility index (Phi) is 35.1. The number of carbonyl (C=O) groups excluding carboxylic acids is 6. The molecular weight excluding hydrogens is 1260 g/mol. The van der Waals surface area contributed by atoms with Crippen LogP contribution in [0, 0.1) is 67.5 Å². The van der Waals surface area contributed by atoms with Gasteiger partial charge in [-0.2, -0.15) is 0 Å². The van der Waals surface area contributed by atoms with Crippen LogP contribution in [0.2, 0.25) is 0 Å². The van der Waals surface area contributed by atoms with Crippen LogP contribution in [-0.2, 0) is 57.2 Å². The van der Waals surface area contributed by atoms with Crippen molar-refractivity contribution in [2.24, 2.45) is 67.5 Å². The Bertz CT molecular complexity index is 2540. The Morgan fingerprint density at radius 3 is 0.861 bits per heavy atom. The van der Waals surface area contributed by atoms with E-state index in [4.69, 9.17) is 28.4 Å². The maximum atomic E-state index is 12.5. The van der Waals surface area contributed by atoms with Crippen LogP contribution in [0.3, 0.4) is 0 Å². The quantitative estimate of drug-likeness (QED) is 0.0646. The second-order valence-electron chi connectivity index (χ2n) is 38.2. The van der Waals surface area contributed by atoms with E-state index in [0.717, 1.165) is 116 Å². The normalized spacial score (nSPS) is 29.0. The zero-order chi connectivity index (χ0) is 77.0. The zero-order valence-electron chi connectivity index (χ0n) is 71.2. The summed E-state index contributed by atoms with van der Waals surface area (Å²) in [6.07, 6.45) is 42.3. The molecule has 4 bridgehead atoms. The summed E-state index contributed by atoms with van der Waals surface area (Å²) in [6, 6.07) is 0. The van der Waals surface area contributed by atoms with Gasteiger partial charge in [0.05, 0.1) is 34.0 Å². The molecule has 0 aliphatic heterocycles. The molecule has 0 saturated heterocycles. The largest absolute Gasteiger partial charge is 0.459 e. The van der Waals surface area contributed by atoms with Gasteiger partial charge in [0, 0.05) is 10.8 Å². The van der Waals surface area contributed by atoms with Crippen LogP contribution in [0.5, 0.6) is 0 Å². The van der Waals surface area contributed by atoms with Crippen LogP contribution < -0.4 is 0 Å². The molecule has 0 aromatic heterocycles. The lowest BCUT2D eigenvalue weighted by atomic mass is 9.65. The summed E-state index contributed by atoms with van der Waals surface area (Å²) in [5.74, 6) is 1.43. The summed E-state index contributed by atoms with van der Waals surface area (Å²) >= 11 is 0. The first-order valence-corrected chi connectivity index (χ1v) is 42.1. The van der Waals surface area contributed by atoms with E-state index in [2.05, 4.69) is 90.0 Å². The topological polar surface area (TPSA) is 158 Å². The summed E-state index contributed by atoms with van der Waals surface area (Å²) < 4.78 is 35.3. The minimum atomic E-state index is -0.370. The third-order valence-electron chi connectivity index (χ3n) is 29.4. The van der Waals surface area contributed by atoms with Crippen molar-refractivity contribution >= 4 is 35.8 Å². The first kappa shape index (κ1) is 92.0. The van der Waals surface area contributed by atoms with Gasteiger partial charge in [-0.05, 0) is 285 Å². The van der Waals surface area contributed by atoms with Gasteiger partial charge in [-0.15, -0.1) is 0 Å². The molecule has 9 atom stereocenters. The van der Waals surface area contributed by atoms with Crippen molar-refractivity contribution in [2.75, 3.05) is 0 Å². The van der Waals surface area contributed by atoms with E-state index in [1.807, 2.05) is 96.9 Å². The molecule has 12 heteroatoms. The first-order chi connectivity index (χ1) is 46.7. The Labute approximate surface area is 621 Å². The number of carbonyl (C=O) groups is 6. The van der Waals surface area contributed by atoms with Crippen LogP contribution in [-0.4, -0.2) is 69.4 Å². The van der Waals surface area contributed by atoms with Crippen LogP contribution in [0.1, 0.15) is 431 Å². The molecule has 0 aromatic carbocycles. The number of ether oxygens (including phenoxy) is 6. The summed E-state index contributed by atoms with van der Waals surface area (Å²) in [5.41, 5.74) is -1.49. The van der Waals surface area contributed by atoms with Crippen LogP contribution in [0.25, 0.3) is 0 Å². The predicted molar refractivity (Wildman–Crippen MR) is 416 cm³/mol. The molecule has 0 amide bonds. The van der Waals surface area contributed by atoms with Crippen molar-refractivity contribution in [1.29, 1.82) is 0 Å². The Balaban J connectivity index is 0.000000316. The zero-order valence-corrected chi connectivity index (χ0v) is 71.2. The van der Waals surface area contributed by atoms with E-state index in [9.17, 15) is 28.8 Å². The van der Waals surface area contributed by atoms with Gasteiger partial charge < -0.3 is 28.4 Å². The first-order valence-electron chi connectivity index (χ1n) is 42.1. The van der Waals surface area contributed by atoms with Crippen molar-refractivity contribution in [3.8, 4) is 0 Å². The number of esters is 6. The Hall–Kier alpha value is -3.18. The molecule has 0 N–H and O–H groups in total. The lowest BCUT2D eigenvalue weighted by molar-refractivity contribution is -0.185. The smallest absolute Gasteiger partial charge is 0.312 e.